The highest BCUT2D eigenvalue weighted by Gasteiger charge is 2.57. The van der Waals surface area contributed by atoms with E-state index in [1.807, 2.05) is 0 Å². The fourth-order valence-corrected chi connectivity index (χ4v) is 3.52. The molecule has 1 amide bonds. The number of carbonyl (C=O) groups is 2. The van der Waals surface area contributed by atoms with E-state index in [2.05, 4.69) is 15.7 Å². The van der Waals surface area contributed by atoms with Crippen LogP contribution < -0.4 is 10.6 Å². The standard InChI is InChI=1S/C17H26N4O3/c1-4-24-15(23)16(2,3)21-11-12(10-19-21)20-14(22)13-9-17(13)5-7-18-8-6-17/h10-11,13,18H,4-9H2,1-3H3,(H,20,22). The molecule has 1 aliphatic heterocycles. The maximum Gasteiger partial charge on any atom is 0.333 e. The number of nitrogens with zero attached hydrogens (tertiary/aromatic N) is 2. The molecule has 2 fully saturated rings. The lowest BCUT2D eigenvalue weighted by Gasteiger charge is -2.23. The average Bonchev–Trinajstić information content (AvgIpc) is 3.03. The monoisotopic (exact) mass is 334 g/mol. The SMILES string of the molecule is CCOC(=O)C(C)(C)n1cc(NC(=O)C2CC23CCNCC3)cn1. The van der Waals surface area contributed by atoms with E-state index in [1.54, 1.807) is 33.2 Å². The van der Waals surface area contributed by atoms with Gasteiger partial charge in [-0.05, 0) is 58.5 Å². The summed E-state index contributed by atoms with van der Waals surface area (Å²) in [6, 6.07) is 0. The van der Waals surface area contributed by atoms with Gasteiger partial charge in [-0.1, -0.05) is 0 Å². The first-order valence-corrected chi connectivity index (χ1v) is 8.63. The summed E-state index contributed by atoms with van der Waals surface area (Å²) in [5.74, 6) is -0.187. The van der Waals surface area contributed by atoms with Crippen LogP contribution in [0.4, 0.5) is 5.69 Å². The molecule has 7 heteroatoms. The van der Waals surface area contributed by atoms with Gasteiger partial charge in [-0.15, -0.1) is 0 Å². The summed E-state index contributed by atoms with van der Waals surface area (Å²) in [7, 11) is 0. The second-order valence-corrected chi connectivity index (χ2v) is 7.31. The van der Waals surface area contributed by atoms with Crippen molar-refractivity contribution >= 4 is 17.6 Å². The summed E-state index contributed by atoms with van der Waals surface area (Å²) in [5.41, 5.74) is -0.0852. The molecule has 24 heavy (non-hydrogen) atoms. The van der Waals surface area contributed by atoms with Gasteiger partial charge in [0.15, 0.2) is 5.54 Å². The zero-order valence-corrected chi connectivity index (χ0v) is 14.6. The summed E-state index contributed by atoms with van der Waals surface area (Å²) in [5, 5.41) is 10.5. The van der Waals surface area contributed by atoms with E-state index in [0.29, 0.717) is 12.3 Å². The average molecular weight is 334 g/mol. The minimum atomic E-state index is -0.908. The molecule has 7 nitrogen and oxygen atoms in total. The molecule has 1 aromatic rings. The number of esters is 1. The molecule has 0 radical (unpaired) electrons. The Kier molecular flexibility index (Phi) is 4.38. The number of anilines is 1. The minimum Gasteiger partial charge on any atom is -0.464 e. The van der Waals surface area contributed by atoms with Crippen molar-refractivity contribution in [1.82, 2.24) is 15.1 Å². The first kappa shape index (κ1) is 17.0. The Labute approximate surface area is 142 Å². The number of carbonyl (C=O) groups excluding carboxylic acids is 2. The predicted octanol–water partition coefficient (Wildman–Crippen LogP) is 1.51. The summed E-state index contributed by atoms with van der Waals surface area (Å²) >= 11 is 0. The highest BCUT2D eigenvalue weighted by atomic mass is 16.5. The molecule has 1 unspecified atom stereocenters. The van der Waals surface area contributed by atoms with E-state index >= 15 is 0 Å². The third-order valence-corrected chi connectivity index (χ3v) is 5.30. The van der Waals surface area contributed by atoms with Crippen molar-refractivity contribution in [3.8, 4) is 0 Å². The highest BCUT2D eigenvalue weighted by Crippen LogP contribution is 2.58. The van der Waals surface area contributed by atoms with E-state index in [-0.39, 0.29) is 23.2 Å². The Morgan fingerprint density at radius 3 is 2.83 bits per heavy atom. The molecular formula is C17H26N4O3. The van der Waals surface area contributed by atoms with E-state index in [9.17, 15) is 9.59 Å². The predicted molar refractivity (Wildman–Crippen MR) is 89.5 cm³/mol. The third kappa shape index (κ3) is 3.05. The Hall–Kier alpha value is -1.89. The van der Waals surface area contributed by atoms with Crippen molar-refractivity contribution in [3.63, 3.8) is 0 Å². The number of hydrogen-bond donors (Lipinski definition) is 2. The zero-order chi connectivity index (χ0) is 17.4. The second kappa shape index (κ2) is 6.20. The number of amides is 1. The molecule has 1 aromatic heterocycles. The van der Waals surface area contributed by atoms with Gasteiger partial charge in [-0.25, -0.2) is 4.79 Å². The number of rotatable bonds is 5. The van der Waals surface area contributed by atoms with Gasteiger partial charge in [0.05, 0.1) is 18.5 Å². The Balaban J connectivity index is 1.62. The van der Waals surface area contributed by atoms with Crippen molar-refractivity contribution in [1.29, 1.82) is 0 Å². The van der Waals surface area contributed by atoms with Gasteiger partial charge in [-0.2, -0.15) is 5.10 Å². The first-order chi connectivity index (χ1) is 11.4. The topological polar surface area (TPSA) is 85.2 Å². The van der Waals surface area contributed by atoms with E-state index in [1.165, 1.54) is 4.68 Å². The van der Waals surface area contributed by atoms with Crippen LogP contribution >= 0.6 is 0 Å². The van der Waals surface area contributed by atoms with Gasteiger partial charge in [-0.3, -0.25) is 9.48 Å². The number of piperidine rings is 1. The summed E-state index contributed by atoms with van der Waals surface area (Å²) < 4.78 is 6.62. The molecule has 132 valence electrons. The molecule has 2 aliphatic rings. The molecule has 2 N–H and O–H groups in total. The van der Waals surface area contributed by atoms with Crippen LogP contribution in [-0.4, -0.2) is 41.4 Å². The molecule has 1 aliphatic carbocycles. The van der Waals surface area contributed by atoms with Crippen LogP contribution in [0.1, 0.15) is 40.0 Å². The molecule has 1 spiro atoms. The van der Waals surface area contributed by atoms with Crippen LogP contribution in [0.25, 0.3) is 0 Å². The van der Waals surface area contributed by atoms with Crippen molar-refractivity contribution < 1.29 is 14.3 Å². The Morgan fingerprint density at radius 1 is 1.46 bits per heavy atom. The van der Waals surface area contributed by atoms with Gasteiger partial charge < -0.3 is 15.4 Å². The maximum atomic E-state index is 12.5. The first-order valence-electron chi connectivity index (χ1n) is 8.63. The number of ether oxygens (including phenoxy) is 1. The number of nitrogens with one attached hydrogen (secondary N) is 2. The maximum absolute atomic E-state index is 12.5. The van der Waals surface area contributed by atoms with E-state index in [0.717, 1.165) is 32.4 Å². The van der Waals surface area contributed by atoms with Crippen molar-refractivity contribution in [2.45, 2.75) is 45.6 Å². The zero-order valence-electron chi connectivity index (χ0n) is 14.6. The summed E-state index contributed by atoms with van der Waals surface area (Å²) in [4.78, 5) is 24.5. The fourth-order valence-electron chi connectivity index (χ4n) is 3.52. The van der Waals surface area contributed by atoms with E-state index < -0.39 is 5.54 Å². The van der Waals surface area contributed by atoms with Crippen LogP contribution in [0.2, 0.25) is 0 Å². The third-order valence-electron chi connectivity index (χ3n) is 5.30. The lowest BCUT2D eigenvalue weighted by Crippen LogP contribution is -2.37. The van der Waals surface area contributed by atoms with Crippen LogP contribution in [0.3, 0.4) is 0 Å². The van der Waals surface area contributed by atoms with Crippen LogP contribution in [0.15, 0.2) is 12.4 Å². The molecule has 0 aromatic carbocycles. The molecule has 1 saturated carbocycles. The summed E-state index contributed by atoms with van der Waals surface area (Å²) in [6.07, 6.45) is 6.38. The highest BCUT2D eigenvalue weighted by molar-refractivity contribution is 5.95. The number of hydrogen-bond acceptors (Lipinski definition) is 5. The molecule has 2 heterocycles. The van der Waals surface area contributed by atoms with Crippen LogP contribution in [0.5, 0.6) is 0 Å². The Morgan fingerprint density at radius 2 is 2.17 bits per heavy atom. The largest absolute Gasteiger partial charge is 0.464 e. The molecule has 1 saturated heterocycles. The lowest BCUT2D eigenvalue weighted by atomic mass is 9.92. The quantitative estimate of drug-likeness (QED) is 0.797. The van der Waals surface area contributed by atoms with Gasteiger partial charge in [0.1, 0.15) is 0 Å². The van der Waals surface area contributed by atoms with Crippen molar-refractivity contribution in [2.75, 3.05) is 25.0 Å². The van der Waals surface area contributed by atoms with E-state index in [4.69, 9.17) is 4.74 Å². The van der Waals surface area contributed by atoms with Gasteiger partial charge >= 0.3 is 5.97 Å². The second-order valence-electron chi connectivity index (χ2n) is 7.31. The minimum absolute atomic E-state index is 0.0605. The summed E-state index contributed by atoms with van der Waals surface area (Å²) in [6.45, 7) is 7.58. The number of aromatic nitrogens is 2. The van der Waals surface area contributed by atoms with Crippen molar-refractivity contribution in [3.05, 3.63) is 12.4 Å². The fraction of sp³-hybridized carbons (Fsp3) is 0.706. The van der Waals surface area contributed by atoms with Crippen LogP contribution in [0, 0.1) is 11.3 Å². The molecule has 3 rings (SSSR count). The van der Waals surface area contributed by atoms with Gasteiger partial charge in [0.2, 0.25) is 5.91 Å². The van der Waals surface area contributed by atoms with Gasteiger partial charge in [0.25, 0.3) is 0 Å². The van der Waals surface area contributed by atoms with Crippen molar-refractivity contribution in [2.24, 2.45) is 11.3 Å². The molecule has 1 atom stereocenters. The lowest BCUT2D eigenvalue weighted by molar-refractivity contribution is -0.152. The molecule has 0 bridgehead atoms. The smallest absolute Gasteiger partial charge is 0.333 e. The van der Waals surface area contributed by atoms with Gasteiger partial charge in [0, 0.05) is 12.1 Å². The Bertz CT molecular complexity index is 632. The van der Waals surface area contributed by atoms with Crippen LogP contribution in [-0.2, 0) is 19.9 Å². The normalized spacial score (nSPS) is 22.2. The molecular weight excluding hydrogens is 308 g/mol.